The second kappa shape index (κ2) is 11.7. The van der Waals surface area contributed by atoms with Crippen molar-refractivity contribution in [2.45, 2.75) is 56.7 Å². The molecule has 0 bridgehead atoms. The Morgan fingerprint density at radius 2 is 1.70 bits per heavy atom. The number of ether oxygens (including phenoxy) is 2. The van der Waals surface area contributed by atoms with Crippen molar-refractivity contribution in [3.63, 3.8) is 0 Å². The standard InChI is InChI=1S/C19H29NO2.C4H4O4/c1-20(2)14-9-15-21-18-16-10-5-6-11-17(16)22-19(18)12-7-3-4-8-13-19;5-3(6)1-2-4(7)8/h5-6,10-11,18H,3-4,7-9,12-15H2,1-2H3;1-2H,(H,5,6)(H,7,8)/b;2-1+. The zero-order valence-corrected chi connectivity index (χ0v) is 17.9. The van der Waals surface area contributed by atoms with Crippen LogP contribution in [0.15, 0.2) is 36.4 Å². The summed E-state index contributed by atoms with van der Waals surface area (Å²) in [7, 11) is 4.22. The first-order valence-corrected chi connectivity index (χ1v) is 10.5. The Hall–Kier alpha value is -2.38. The molecule has 2 N–H and O–H groups in total. The molecular weight excluding hydrogens is 386 g/mol. The zero-order chi connectivity index (χ0) is 22.0. The average Bonchev–Trinajstić information content (AvgIpc) is 2.82. The van der Waals surface area contributed by atoms with Crippen molar-refractivity contribution in [1.29, 1.82) is 0 Å². The number of rotatable bonds is 7. The van der Waals surface area contributed by atoms with Crippen LogP contribution in [0.3, 0.4) is 0 Å². The van der Waals surface area contributed by atoms with Crippen LogP contribution in [0.4, 0.5) is 0 Å². The summed E-state index contributed by atoms with van der Waals surface area (Å²) >= 11 is 0. The van der Waals surface area contributed by atoms with Crippen molar-refractivity contribution in [3.8, 4) is 5.75 Å². The first kappa shape index (κ1) is 23.9. The lowest BCUT2D eigenvalue weighted by molar-refractivity contribution is -0.134. The fraction of sp³-hybridized carbons (Fsp3) is 0.565. The van der Waals surface area contributed by atoms with E-state index in [0.29, 0.717) is 12.2 Å². The van der Waals surface area contributed by atoms with Gasteiger partial charge in [0, 0.05) is 24.3 Å². The molecule has 1 spiro atoms. The molecule has 7 nitrogen and oxygen atoms in total. The quantitative estimate of drug-likeness (QED) is 0.511. The van der Waals surface area contributed by atoms with E-state index in [-0.39, 0.29) is 11.7 Å². The summed E-state index contributed by atoms with van der Waals surface area (Å²) < 4.78 is 12.8. The van der Waals surface area contributed by atoms with Crippen molar-refractivity contribution < 1.29 is 29.3 Å². The molecule has 1 unspecified atom stereocenters. The molecule has 3 rings (SSSR count). The van der Waals surface area contributed by atoms with Crippen LogP contribution >= 0.6 is 0 Å². The molecule has 1 saturated carbocycles. The molecule has 1 aromatic rings. The highest BCUT2D eigenvalue weighted by molar-refractivity contribution is 5.89. The number of hydrogen-bond donors (Lipinski definition) is 2. The van der Waals surface area contributed by atoms with Gasteiger partial charge in [-0.05, 0) is 58.8 Å². The number of hydrogen-bond acceptors (Lipinski definition) is 5. The summed E-state index contributed by atoms with van der Waals surface area (Å²) in [5.41, 5.74) is 1.15. The number of fused-ring (bicyclic) bond motifs is 1. The number of para-hydroxylation sites is 1. The number of carbonyl (C=O) groups is 2. The lowest BCUT2D eigenvalue weighted by atomic mass is 9.86. The minimum atomic E-state index is -1.26. The van der Waals surface area contributed by atoms with E-state index in [1.807, 2.05) is 0 Å². The summed E-state index contributed by atoms with van der Waals surface area (Å²) in [5, 5.41) is 15.6. The van der Waals surface area contributed by atoms with Gasteiger partial charge in [-0.15, -0.1) is 0 Å². The third-order valence-electron chi connectivity index (χ3n) is 5.35. The van der Waals surface area contributed by atoms with Gasteiger partial charge in [-0.25, -0.2) is 9.59 Å². The summed E-state index contributed by atoms with van der Waals surface area (Å²) in [6.07, 6.45) is 9.72. The van der Waals surface area contributed by atoms with Crippen molar-refractivity contribution in [2.75, 3.05) is 27.2 Å². The topological polar surface area (TPSA) is 96.3 Å². The normalized spacial score (nSPS) is 19.6. The number of nitrogens with zero attached hydrogens (tertiary/aromatic N) is 1. The Bertz CT molecular complexity index is 706. The average molecular weight is 420 g/mol. The monoisotopic (exact) mass is 419 g/mol. The van der Waals surface area contributed by atoms with Crippen LogP contribution in [-0.2, 0) is 14.3 Å². The van der Waals surface area contributed by atoms with E-state index in [1.54, 1.807) is 0 Å². The minimum absolute atomic E-state index is 0.113. The molecule has 0 amide bonds. The van der Waals surface area contributed by atoms with Gasteiger partial charge < -0.3 is 24.6 Å². The summed E-state index contributed by atoms with van der Waals surface area (Å²) in [4.78, 5) is 21.3. The molecule has 2 aliphatic rings. The molecule has 166 valence electrons. The van der Waals surface area contributed by atoms with Crippen molar-refractivity contribution in [3.05, 3.63) is 42.0 Å². The van der Waals surface area contributed by atoms with Gasteiger partial charge in [0.05, 0.1) is 0 Å². The maximum Gasteiger partial charge on any atom is 0.328 e. The minimum Gasteiger partial charge on any atom is -0.484 e. The van der Waals surface area contributed by atoms with Crippen LogP contribution in [0.2, 0.25) is 0 Å². The Morgan fingerprint density at radius 1 is 1.10 bits per heavy atom. The van der Waals surface area contributed by atoms with E-state index in [1.165, 1.54) is 31.2 Å². The predicted molar refractivity (Wildman–Crippen MR) is 114 cm³/mol. The molecule has 1 fully saturated rings. The van der Waals surface area contributed by atoms with Crippen molar-refractivity contribution in [1.82, 2.24) is 4.90 Å². The fourth-order valence-electron chi connectivity index (χ4n) is 4.00. The Kier molecular flexibility index (Phi) is 9.33. The maximum absolute atomic E-state index is 9.55. The van der Waals surface area contributed by atoms with Gasteiger partial charge in [-0.2, -0.15) is 0 Å². The highest BCUT2D eigenvalue weighted by Gasteiger charge is 2.48. The molecule has 0 saturated heterocycles. The zero-order valence-electron chi connectivity index (χ0n) is 17.9. The van der Waals surface area contributed by atoms with Gasteiger partial charge in [0.2, 0.25) is 0 Å². The van der Waals surface area contributed by atoms with Gasteiger partial charge in [0.25, 0.3) is 0 Å². The second-order valence-electron chi connectivity index (χ2n) is 8.04. The first-order chi connectivity index (χ1) is 14.3. The molecule has 0 radical (unpaired) electrons. The van der Waals surface area contributed by atoms with E-state index in [4.69, 9.17) is 19.7 Å². The molecule has 1 heterocycles. The Morgan fingerprint density at radius 3 is 2.27 bits per heavy atom. The molecule has 1 aromatic carbocycles. The molecule has 1 aliphatic heterocycles. The van der Waals surface area contributed by atoms with Crippen LogP contribution < -0.4 is 4.74 Å². The summed E-state index contributed by atoms with van der Waals surface area (Å²) in [6.45, 7) is 1.88. The third kappa shape index (κ3) is 7.15. The van der Waals surface area contributed by atoms with Crippen molar-refractivity contribution >= 4 is 11.9 Å². The highest BCUT2D eigenvalue weighted by atomic mass is 16.6. The van der Waals surface area contributed by atoms with E-state index in [9.17, 15) is 9.59 Å². The predicted octanol–water partition coefficient (Wildman–Crippen LogP) is 3.89. The Labute approximate surface area is 178 Å². The van der Waals surface area contributed by atoms with Crippen LogP contribution in [0, 0.1) is 0 Å². The first-order valence-electron chi connectivity index (χ1n) is 10.5. The van der Waals surface area contributed by atoms with Gasteiger partial charge in [-0.3, -0.25) is 0 Å². The van der Waals surface area contributed by atoms with E-state index in [2.05, 4.69) is 43.3 Å². The SMILES string of the molecule is CN(C)CCCOC1c2ccccc2OC12CCCCCC2.O=C(O)/C=C/C(=O)O. The largest absolute Gasteiger partial charge is 0.484 e. The Balaban J connectivity index is 0.000000343. The molecular formula is C23H33NO6. The second-order valence-corrected chi connectivity index (χ2v) is 8.04. The summed E-state index contributed by atoms with van der Waals surface area (Å²) in [6, 6.07) is 8.46. The molecule has 7 heteroatoms. The molecule has 0 aromatic heterocycles. The van der Waals surface area contributed by atoms with E-state index >= 15 is 0 Å². The number of carboxylic acids is 2. The number of benzene rings is 1. The van der Waals surface area contributed by atoms with Crippen LogP contribution in [0.5, 0.6) is 5.75 Å². The smallest absolute Gasteiger partial charge is 0.328 e. The van der Waals surface area contributed by atoms with Gasteiger partial charge in [-0.1, -0.05) is 31.0 Å². The van der Waals surface area contributed by atoms with Gasteiger partial charge in [0.1, 0.15) is 17.5 Å². The van der Waals surface area contributed by atoms with E-state index < -0.39 is 11.9 Å². The van der Waals surface area contributed by atoms with Crippen LogP contribution in [0.25, 0.3) is 0 Å². The molecule has 30 heavy (non-hydrogen) atoms. The van der Waals surface area contributed by atoms with Crippen molar-refractivity contribution in [2.24, 2.45) is 0 Å². The maximum atomic E-state index is 9.55. The number of carboxylic acid groups (broad SMARTS) is 2. The number of aliphatic carboxylic acids is 2. The van der Waals surface area contributed by atoms with E-state index in [0.717, 1.165) is 38.2 Å². The summed E-state index contributed by atoms with van der Waals surface area (Å²) in [5.74, 6) is -1.47. The van der Waals surface area contributed by atoms with Crippen LogP contribution in [-0.4, -0.2) is 59.9 Å². The van der Waals surface area contributed by atoms with Crippen LogP contribution in [0.1, 0.15) is 56.6 Å². The third-order valence-corrected chi connectivity index (χ3v) is 5.35. The van der Waals surface area contributed by atoms with Gasteiger partial charge >= 0.3 is 11.9 Å². The molecule has 1 aliphatic carbocycles. The molecule has 1 atom stereocenters. The highest BCUT2D eigenvalue weighted by Crippen LogP contribution is 2.51. The fourth-order valence-corrected chi connectivity index (χ4v) is 4.00. The van der Waals surface area contributed by atoms with Gasteiger partial charge in [0.15, 0.2) is 0 Å². The lowest BCUT2D eigenvalue weighted by Crippen LogP contribution is -2.39. The lowest BCUT2D eigenvalue weighted by Gasteiger charge is -2.33.